The molecule has 4 atom stereocenters. The maximum Gasteiger partial charge on any atom is 0.305 e. The van der Waals surface area contributed by atoms with Crippen molar-refractivity contribution in [1.29, 1.82) is 0 Å². The van der Waals surface area contributed by atoms with E-state index in [-0.39, 0.29) is 18.0 Å². The van der Waals surface area contributed by atoms with Crippen LogP contribution in [0, 0.1) is 5.92 Å². The normalized spacial score (nSPS) is 42.5. The highest BCUT2D eigenvalue weighted by molar-refractivity contribution is 6.24. The quantitative estimate of drug-likeness (QED) is 0.529. The van der Waals surface area contributed by atoms with Crippen LogP contribution in [0.2, 0.25) is 0 Å². The third kappa shape index (κ3) is 2.04. The van der Waals surface area contributed by atoms with Crippen LogP contribution in [-0.2, 0) is 14.3 Å². The van der Waals surface area contributed by atoms with Crippen molar-refractivity contribution in [2.45, 2.75) is 51.4 Å². The number of carbonyl (C=O) groups excluding carboxylic acids is 1. The summed E-state index contributed by atoms with van der Waals surface area (Å²) in [6.45, 7) is 7.26. The largest absolute Gasteiger partial charge is 0.434 e. The summed E-state index contributed by atoms with van der Waals surface area (Å²) in [5.74, 6) is -0.177. The monoisotopic (exact) mass is 220 g/mol. The van der Waals surface area contributed by atoms with Gasteiger partial charge in [0.1, 0.15) is 4.87 Å². The topological polar surface area (TPSA) is 35.5 Å². The molecule has 4 heteroatoms. The predicted molar refractivity (Wildman–Crippen MR) is 54.1 cm³/mol. The molecule has 82 valence electrons. The van der Waals surface area contributed by atoms with Crippen LogP contribution in [0.4, 0.5) is 0 Å². The van der Waals surface area contributed by atoms with Crippen LogP contribution in [-0.4, -0.2) is 23.2 Å². The van der Waals surface area contributed by atoms with E-state index in [4.69, 9.17) is 21.1 Å². The highest BCUT2D eigenvalue weighted by Gasteiger charge is 2.51. The fraction of sp³-hybridized carbons (Fsp3) is 0.900. The molecule has 0 aromatic rings. The number of halogens is 1. The molecule has 1 rings (SSSR count). The molecule has 14 heavy (non-hydrogen) atoms. The first kappa shape index (κ1) is 11.8. The van der Waals surface area contributed by atoms with Crippen LogP contribution in [0.1, 0.15) is 34.1 Å². The van der Waals surface area contributed by atoms with Crippen LogP contribution in [0.15, 0.2) is 0 Å². The minimum atomic E-state index is -0.624. The second-order valence-electron chi connectivity index (χ2n) is 3.96. The van der Waals surface area contributed by atoms with Crippen molar-refractivity contribution in [3.63, 3.8) is 0 Å². The van der Waals surface area contributed by atoms with Crippen LogP contribution in [0.3, 0.4) is 0 Å². The molecule has 0 N–H and O–H groups in total. The standard InChI is InChI=1S/C10H17ClO3/c1-5-8-6(2)10(4,11)9(14-8)13-7(3)12/h6,8-9H,5H2,1-4H3/t6-,8-,9?,10-/m1/s1. The van der Waals surface area contributed by atoms with Crippen molar-refractivity contribution >= 4 is 17.6 Å². The zero-order chi connectivity index (χ0) is 10.9. The molecule has 0 aliphatic carbocycles. The van der Waals surface area contributed by atoms with E-state index in [1.807, 2.05) is 20.8 Å². The lowest BCUT2D eigenvalue weighted by Gasteiger charge is -2.25. The number of hydrogen-bond acceptors (Lipinski definition) is 3. The van der Waals surface area contributed by atoms with Gasteiger partial charge in [-0.3, -0.25) is 4.79 Å². The first-order valence-electron chi connectivity index (χ1n) is 4.91. The summed E-state index contributed by atoms with van der Waals surface area (Å²) in [6.07, 6.45) is 0.324. The van der Waals surface area contributed by atoms with E-state index in [9.17, 15) is 4.79 Å². The number of hydrogen-bond donors (Lipinski definition) is 0. The first-order chi connectivity index (χ1) is 6.39. The third-order valence-corrected chi connectivity index (χ3v) is 3.41. The average molecular weight is 221 g/mol. The lowest BCUT2D eigenvalue weighted by Crippen LogP contribution is -2.36. The first-order valence-corrected chi connectivity index (χ1v) is 5.29. The van der Waals surface area contributed by atoms with Crippen LogP contribution in [0.5, 0.6) is 0 Å². The Morgan fingerprint density at radius 3 is 2.57 bits per heavy atom. The summed E-state index contributed by atoms with van der Waals surface area (Å²) in [4.78, 5) is 10.2. The maximum atomic E-state index is 10.8. The molecule has 1 aliphatic rings. The smallest absolute Gasteiger partial charge is 0.305 e. The van der Waals surface area contributed by atoms with Gasteiger partial charge < -0.3 is 9.47 Å². The lowest BCUT2D eigenvalue weighted by molar-refractivity contribution is -0.176. The summed E-state index contributed by atoms with van der Waals surface area (Å²) < 4.78 is 10.6. The predicted octanol–water partition coefficient (Wildman–Crippen LogP) is 2.32. The molecular weight excluding hydrogens is 204 g/mol. The van der Waals surface area contributed by atoms with Gasteiger partial charge in [0.25, 0.3) is 0 Å². The van der Waals surface area contributed by atoms with Crippen LogP contribution >= 0.6 is 11.6 Å². The minimum absolute atomic E-state index is 0.0712. The Hall–Kier alpha value is -0.280. The zero-order valence-electron chi connectivity index (χ0n) is 9.04. The molecule has 0 aromatic carbocycles. The summed E-state index contributed by atoms with van der Waals surface area (Å²) >= 11 is 6.30. The van der Waals surface area contributed by atoms with E-state index in [2.05, 4.69) is 0 Å². The Morgan fingerprint density at radius 2 is 2.21 bits per heavy atom. The van der Waals surface area contributed by atoms with E-state index in [1.165, 1.54) is 6.92 Å². The van der Waals surface area contributed by atoms with E-state index in [1.54, 1.807) is 0 Å². The van der Waals surface area contributed by atoms with Crippen molar-refractivity contribution in [3.8, 4) is 0 Å². The molecule has 3 nitrogen and oxygen atoms in total. The molecule has 0 amide bonds. The number of rotatable bonds is 2. The third-order valence-electron chi connectivity index (χ3n) is 2.88. The Kier molecular flexibility index (Phi) is 3.43. The Balaban J connectivity index is 2.74. The van der Waals surface area contributed by atoms with E-state index in [0.717, 1.165) is 6.42 Å². The van der Waals surface area contributed by atoms with E-state index in [0.29, 0.717) is 0 Å². The molecule has 1 fully saturated rings. The van der Waals surface area contributed by atoms with E-state index >= 15 is 0 Å². The lowest BCUT2D eigenvalue weighted by atomic mass is 9.91. The van der Waals surface area contributed by atoms with Crippen molar-refractivity contribution in [1.82, 2.24) is 0 Å². The number of esters is 1. The molecule has 1 heterocycles. The van der Waals surface area contributed by atoms with Gasteiger partial charge in [0, 0.05) is 12.8 Å². The fourth-order valence-electron chi connectivity index (χ4n) is 1.73. The van der Waals surface area contributed by atoms with Gasteiger partial charge in [-0.15, -0.1) is 11.6 Å². The molecule has 0 bridgehead atoms. The molecule has 1 aliphatic heterocycles. The molecule has 1 unspecified atom stereocenters. The second kappa shape index (κ2) is 4.07. The number of alkyl halides is 1. The molecular formula is C10H17ClO3. The van der Waals surface area contributed by atoms with Crippen molar-refractivity contribution < 1.29 is 14.3 Å². The zero-order valence-corrected chi connectivity index (χ0v) is 9.80. The van der Waals surface area contributed by atoms with Crippen molar-refractivity contribution in [3.05, 3.63) is 0 Å². The molecule has 0 spiro atoms. The number of carbonyl (C=O) groups is 1. The van der Waals surface area contributed by atoms with Gasteiger partial charge >= 0.3 is 5.97 Å². The summed E-state index contributed by atoms with van der Waals surface area (Å²) in [6, 6.07) is 0. The van der Waals surface area contributed by atoms with Gasteiger partial charge in [0.05, 0.1) is 6.10 Å². The van der Waals surface area contributed by atoms with Gasteiger partial charge in [0.15, 0.2) is 0 Å². The van der Waals surface area contributed by atoms with Gasteiger partial charge in [-0.1, -0.05) is 13.8 Å². The molecule has 0 saturated carbocycles. The molecule has 0 aromatic heterocycles. The Morgan fingerprint density at radius 1 is 1.64 bits per heavy atom. The van der Waals surface area contributed by atoms with Gasteiger partial charge in [0.2, 0.25) is 6.29 Å². The van der Waals surface area contributed by atoms with E-state index < -0.39 is 11.2 Å². The molecule has 1 saturated heterocycles. The average Bonchev–Trinajstić information content (AvgIpc) is 2.28. The molecule has 0 radical (unpaired) electrons. The SMILES string of the molecule is CC[C@H]1OC(OC(C)=O)[C@](C)(Cl)[C@@H]1C. The fourth-order valence-corrected chi connectivity index (χ4v) is 1.97. The second-order valence-corrected chi connectivity index (χ2v) is 4.78. The van der Waals surface area contributed by atoms with Crippen molar-refractivity contribution in [2.75, 3.05) is 0 Å². The summed E-state index contributed by atoms with van der Waals surface area (Å²) in [7, 11) is 0. The van der Waals surface area contributed by atoms with Gasteiger partial charge in [-0.25, -0.2) is 0 Å². The Labute approximate surface area is 89.7 Å². The number of ether oxygens (including phenoxy) is 2. The highest BCUT2D eigenvalue weighted by atomic mass is 35.5. The highest BCUT2D eigenvalue weighted by Crippen LogP contribution is 2.42. The summed E-state index contributed by atoms with van der Waals surface area (Å²) in [5, 5.41) is 0. The van der Waals surface area contributed by atoms with Gasteiger partial charge in [-0.2, -0.15) is 0 Å². The Bertz CT molecular complexity index is 227. The van der Waals surface area contributed by atoms with Crippen LogP contribution in [0.25, 0.3) is 0 Å². The summed E-state index contributed by atoms with van der Waals surface area (Å²) in [5.41, 5.74) is 0. The van der Waals surface area contributed by atoms with Gasteiger partial charge in [-0.05, 0) is 13.3 Å². The van der Waals surface area contributed by atoms with Crippen LogP contribution < -0.4 is 0 Å². The minimum Gasteiger partial charge on any atom is -0.434 e. The van der Waals surface area contributed by atoms with Crippen molar-refractivity contribution in [2.24, 2.45) is 5.92 Å². The maximum absolute atomic E-state index is 10.8.